The average molecular weight is 422 g/mol. The van der Waals surface area contributed by atoms with Crippen LogP contribution in [-0.2, 0) is 4.74 Å². The van der Waals surface area contributed by atoms with E-state index < -0.39 is 12.1 Å². The van der Waals surface area contributed by atoms with Crippen molar-refractivity contribution in [1.29, 1.82) is 0 Å². The van der Waals surface area contributed by atoms with Crippen molar-refractivity contribution in [2.24, 2.45) is 0 Å². The van der Waals surface area contributed by atoms with Gasteiger partial charge in [0.1, 0.15) is 5.75 Å². The third kappa shape index (κ3) is 8.22. The lowest BCUT2D eigenvalue weighted by Crippen LogP contribution is -2.26. The number of ether oxygens (including phenoxy) is 2. The van der Waals surface area contributed by atoms with E-state index in [-0.39, 0.29) is 0 Å². The van der Waals surface area contributed by atoms with Crippen LogP contribution in [0.1, 0.15) is 25.5 Å². The van der Waals surface area contributed by atoms with Gasteiger partial charge in [0.2, 0.25) is 0 Å². The van der Waals surface area contributed by atoms with Gasteiger partial charge in [-0.3, -0.25) is 10.3 Å². The molecule has 3 amide bonds. The molecule has 0 aliphatic rings. The highest BCUT2D eigenvalue weighted by molar-refractivity contribution is 6.31. The van der Waals surface area contributed by atoms with Crippen molar-refractivity contribution < 1.29 is 19.1 Å². The molecular formula is C19H24ClN5O4. The highest BCUT2D eigenvalue weighted by Crippen LogP contribution is 2.28. The summed E-state index contributed by atoms with van der Waals surface area (Å²) in [6.45, 7) is 4.85. The lowest BCUT2D eigenvalue weighted by atomic mass is 10.3. The second-order valence-corrected chi connectivity index (χ2v) is 6.46. The molecule has 0 spiro atoms. The number of aryl methyl sites for hydroxylation is 1. The fraction of sp³-hybridized carbons (Fsp3) is 0.368. The molecule has 0 atom stereocenters. The second kappa shape index (κ2) is 11.7. The number of alkyl carbamates (subject to hydrolysis) is 1. The van der Waals surface area contributed by atoms with Gasteiger partial charge in [0.15, 0.2) is 5.82 Å². The standard InChI is InChI=1S/C19H24ClN5O4/c1-3-8-29-19(27)21-7-4-9-28-16-6-5-14(20)10-15(16)24-18(26)25-17-12-22-13(2)11-23-17/h5-6,10-12H,3-4,7-9H2,1-2H3,(H,21,27)(H2,23,24,25,26). The first-order valence-electron chi connectivity index (χ1n) is 9.17. The van der Waals surface area contributed by atoms with Crippen LogP contribution in [-0.4, -0.2) is 41.9 Å². The van der Waals surface area contributed by atoms with E-state index in [2.05, 4.69) is 25.9 Å². The first-order chi connectivity index (χ1) is 14.0. The molecule has 29 heavy (non-hydrogen) atoms. The quantitative estimate of drug-likeness (QED) is 0.527. The summed E-state index contributed by atoms with van der Waals surface area (Å²) in [5, 5.41) is 8.35. The van der Waals surface area contributed by atoms with E-state index in [1.807, 2.05) is 6.92 Å². The van der Waals surface area contributed by atoms with Crippen molar-refractivity contribution in [2.45, 2.75) is 26.7 Å². The molecule has 9 nitrogen and oxygen atoms in total. The molecule has 0 aliphatic carbocycles. The Labute approximate surface area is 174 Å². The Hall–Kier alpha value is -3.07. The lowest BCUT2D eigenvalue weighted by Gasteiger charge is -2.13. The van der Waals surface area contributed by atoms with Gasteiger partial charge in [0.05, 0.1) is 37.0 Å². The van der Waals surface area contributed by atoms with Gasteiger partial charge in [-0.05, 0) is 38.0 Å². The molecule has 0 unspecified atom stereocenters. The lowest BCUT2D eigenvalue weighted by molar-refractivity contribution is 0.145. The van der Waals surface area contributed by atoms with E-state index in [0.717, 1.165) is 12.1 Å². The molecule has 156 valence electrons. The van der Waals surface area contributed by atoms with E-state index in [9.17, 15) is 9.59 Å². The zero-order valence-electron chi connectivity index (χ0n) is 16.3. The zero-order valence-corrected chi connectivity index (χ0v) is 17.1. The monoisotopic (exact) mass is 421 g/mol. The number of anilines is 2. The summed E-state index contributed by atoms with van der Waals surface area (Å²) in [5.74, 6) is 0.770. The molecule has 0 bridgehead atoms. The first-order valence-corrected chi connectivity index (χ1v) is 9.55. The molecule has 2 aromatic rings. The van der Waals surface area contributed by atoms with Crippen molar-refractivity contribution in [3.05, 3.63) is 41.3 Å². The molecule has 0 aliphatic heterocycles. The van der Waals surface area contributed by atoms with Crippen LogP contribution in [0.3, 0.4) is 0 Å². The first kappa shape index (κ1) is 22.2. The Morgan fingerprint density at radius 3 is 2.69 bits per heavy atom. The zero-order chi connectivity index (χ0) is 21.1. The molecule has 0 radical (unpaired) electrons. The number of aromatic nitrogens is 2. The number of carbonyl (C=O) groups excluding carboxylic acids is 2. The summed E-state index contributed by atoms with van der Waals surface area (Å²) in [6.07, 6.45) is 3.90. The normalized spacial score (nSPS) is 10.2. The number of carbonyl (C=O) groups is 2. The summed E-state index contributed by atoms with van der Waals surface area (Å²) < 4.78 is 10.6. The van der Waals surface area contributed by atoms with Crippen molar-refractivity contribution in [3.63, 3.8) is 0 Å². The van der Waals surface area contributed by atoms with Gasteiger partial charge in [-0.1, -0.05) is 18.5 Å². The van der Waals surface area contributed by atoms with Gasteiger partial charge < -0.3 is 20.1 Å². The van der Waals surface area contributed by atoms with Gasteiger partial charge in [-0.15, -0.1) is 0 Å². The van der Waals surface area contributed by atoms with E-state index in [4.69, 9.17) is 21.1 Å². The number of amides is 3. The maximum atomic E-state index is 12.2. The predicted molar refractivity (Wildman–Crippen MR) is 111 cm³/mol. The summed E-state index contributed by atoms with van der Waals surface area (Å²) in [7, 11) is 0. The number of hydrogen-bond acceptors (Lipinski definition) is 6. The van der Waals surface area contributed by atoms with Gasteiger partial charge in [0.25, 0.3) is 0 Å². The van der Waals surface area contributed by atoms with Gasteiger partial charge in [-0.25, -0.2) is 14.6 Å². The Bertz CT molecular complexity index is 817. The summed E-state index contributed by atoms with van der Waals surface area (Å²) in [6, 6.07) is 4.39. The van der Waals surface area contributed by atoms with Crippen LogP contribution < -0.4 is 20.7 Å². The number of hydrogen-bond donors (Lipinski definition) is 3. The summed E-state index contributed by atoms with van der Waals surface area (Å²) >= 11 is 6.03. The van der Waals surface area contributed by atoms with Crippen LogP contribution in [0, 0.1) is 6.92 Å². The van der Waals surface area contributed by atoms with E-state index in [0.29, 0.717) is 48.5 Å². The van der Waals surface area contributed by atoms with Crippen LogP contribution in [0.2, 0.25) is 5.02 Å². The summed E-state index contributed by atoms with van der Waals surface area (Å²) in [5.41, 5.74) is 1.15. The third-order valence-electron chi connectivity index (χ3n) is 3.50. The van der Waals surface area contributed by atoms with Crippen LogP contribution in [0.15, 0.2) is 30.6 Å². The molecule has 2 rings (SSSR count). The number of urea groups is 1. The Balaban J connectivity index is 1.84. The van der Waals surface area contributed by atoms with Gasteiger partial charge in [-0.2, -0.15) is 0 Å². The molecular weight excluding hydrogens is 398 g/mol. The predicted octanol–water partition coefficient (Wildman–Crippen LogP) is 3.99. The minimum atomic E-state index is -0.504. The smallest absolute Gasteiger partial charge is 0.407 e. The highest BCUT2D eigenvalue weighted by Gasteiger charge is 2.10. The van der Waals surface area contributed by atoms with Crippen LogP contribution >= 0.6 is 11.6 Å². The molecule has 0 saturated heterocycles. The number of nitrogens with one attached hydrogen (secondary N) is 3. The van der Waals surface area contributed by atoms with Crippen molar-refractivity contribution in [1.82, 2.24) is 15.3 Å². The fourth-order valence-corrected chi connectivity index (χ4v) is 2.32. The fourth-order valence-electron chi connectivity index (χ4n) is 2.14. The van der Waals surface area contributed by atoms with E-state index in [1.54, 1.807) is 31.3 Å². The maximum Gasteiger partial charge on any atom is 0.407 e. The Morgan fingerprint density at radius 2 is 1.97 bits per heavy atom. The van der Waals surface area contributed by atoms with Crippen LogP contribution in [0.25, 0.3) is 0 Å². The number of rotatable bonds is 9. The molecule has 1 heterocycles. The Kier molecular flexibility index (Phi) is 8.97. The Morgan fingerprint density at radius 1 is 1.14 bits per heavy atom. The SMILES string of the molecule is CCCOC(=O)NCCCOc1ccc(Cl)cc1NC(=O)Nc1cnc(C)cn1. The van der Waals surface area contributed by atoms with Crippen molar-refractivity contribution >= 4 is 35.2 Å². The molecule has 1 aromatic carbocycles. The number of benzene rings is 1. The largest absolute Gasteiger partial charge is 0.491 e. The maximum absolute atomic E-state index is 12.2. The third-order valence-corrected chi connectivity index (χ3v) is 3.73. The number of nitrogens with zero attached hydrogens (tertiary/aromatic N) is 2. The molecule has 0 saturated carbocycles. The van der Waals surface area contributed by atoms with E-state index in [1.165, 1.54) is 6.20 Å². The molecule has 10 heteroatoms. The molecule has 1 aromatic heterocycles. The molecule has 0 fully saturated rings. The van der Waals surface area contributed by atoms with Crippen molar-refractivity contribution in [2.75, 3.05) is 30.4 Å². The van der Waals surface area contributed by atoms with Crippen molar-refractivity contribution in [3.8, 4) is 5.75 Å². The summed E-state index contributed by atoms with van der Waals surface area (Å²) in [4.78, 5) is 31.7. The minimum absolute atomic E-state index is 0.318. The molecule has 3 N–H and O–H groups in total. The van der Waals surface area contributed by atoms with Gasteiger partial charge in [0, 0.05) is 11.6 Å². The minimum Gasteiger partial charge on any atom is -0.491 e. The van der Waals surface area contributed by atoms with Crippen LogP contribution in [0.4, 0.5) is 21.1 Å². The van der Waals surface area contributed by atoms with E-state index >= 15 is 0 Å². The average Bonchev–Trinajstić information content (AvgIpc) is 2.69. The topological polar surface area (TPSA) is 114 Å². The van der Waals surface area contributed by atoms with Gasteiger partial charge >= 0.3 is 12.1 Å². The number of halogens is 1. The second-order valence-electron chi connectivity index (χ2n) is 6.03. The highest BCUT2D eigenvalue weighted by atomic mass is 35.5. The van der Waals surface area contributed by atoms with Crippen LogP contribution in [0.5, 0.6) is 5.75 Å².